The van der Waals surface area contributed by atoms with E-state index in [1.54, 1.807) is 0 Å². The molecule has 0 bridgehead atoms. The Morgan fingerprint density at radius 2 is 2.38 bits per heavy atom. The van der Waals surface area contributed by atoms with Gasteiger partial charge < -0.3 is 11.5 Å². The highest BCUT2D eigenvalue weighted by atomic mass is 14.9. The van der Waals surface area contributed by atoms with Crippen LogP contribution in [0, 0.1) is 5.41 Å². The van der Waals surface area contributed by atoms with Gasteiger partial charge in [0, 0.05) is 6.20 Å². The summed E-state index contributed by atoms with van der Waals surface area (Å²) in [6.07, 6.45) is 1.47. The highest BCUT2D eigenvalue weighted by Gasteiger charge is 2.11. The van der Waals surface area contributed by atoms with Gasteiger partial charge in [0.05, 0.1) is 5.57 Å². The van der Waals surface area contributed by atoms with E-state index in [0.29, 0.717) is 11.4 Å². The lowest BCUT2D eigenvalue weighted by molar-refractivity contribution is 1.34. The Hall–Kier alpha value is -1.32. The Kier molecular flexibility index (Phi) is 0.802. The van der Waals surface area contributed by atoms with E-state index in [0.717, 1.165) is 0 Å². The molecule has 8 heavy (non-hydrogen) atoms. The van der Waals surface area contributed by atoms with Gasteiger partial charge in [0.15, 0.2) is 0 Å². The molecule has 4 nitrogen and oxygen atoms in total. The second-order valence-electron chi connectivity index (χ2n) is 1.47. The predicted octanol–water partition coefficient (Wildman–Crippen LogP) is -0.823. The maximum Gasteiger partial charge on any atom is 0.135 e. The van der Waals surface area contributed by atoms with Gasteiger partial charge >= 0.3 is 0 Å². The molecule has 0 saturated carbocycles. The molecule has 4 heteroatoms. The smallest absolute Gasteiger partial charge is 0.135 e. The van der Waals surface area contributed by atoms with Crippen LogP contribution in [0.3, 0.4) is 0 Å². The van der Waals surface area contributed by atoms with Crippen molar-refractivity contribution < 1.29 is 0 Å². The quantitative estimate of drug-likeness (QED) is 0.304. The SMILES string of the molecule is N=C(N)C1=CN=C1N. The summed E-state index contributed by atoms with van der Waals surface area (Å²) in [5.41, 5.74) is 10.8. The first-order valence-electron chi connectivity index (χ1n) is 2.10. The average molecular weight is 110 g/mol. The average Bonchev–Trinajstić information content (AvgIpc) is 1.61. The van der Waals surface area contributed by atoms with Crippen LogP contribution in [0.1, 0.15) is 0 Å². The highest BCUT2D eigenvalue weighted by molar-refractivity contribution is 6.23. The van der Waals surface area contributed by atoms with Crippen molar-refractivity contribution in [2.24, 2.45) is 16.5 Å². The molecule has 0 aliphatic carbocycles. The third-order valence-corrected chi connectivity index (χ3v) is 0.899. The summed E-state index contributed by atoms with van der Waals surface area (Å²) in [5, 5.41) is 6.83. The fourth-order valence-corrected chi connectivity index (χ4v) is 0.411. The topological polar surface area (TPSA) is 88.2 Å². The zero-order chi connectivity index (χ0) is 6.15. The summed E-state index contributed by atoms with van der Waals surface area (Å²) < 4.78 is 0. The molecule has 0 radical (unpaired) electrons. The van der Waals surface area contributed by atoms with E-state index in [9.17, 15) is 0 Å². The summed E-state index contributed by atoms with van der Waals surface area (Å²) in [6, 6.07) is 0. The fraction of sp³-hybridized carbons (Fsp3) is 0. The highest BCUT2D eigenvalue weighted by Crippen LogP contribution is 2.03. The number of amidine groups is 2. The Balaban J connectivity index is 2.66. The standard InChI is InChI=1S/C4H6N4/c5-3(6)2-1-8-4(2)7/h1H,(H3,5,6)(H2,7,8). The molecule has 0 aromatic heterocycles. The van der Waals surface area contributed by atoms with E-state index < -0.39 is 0 Å². The van der Waals surface area contributed by atoms with Gasteiger partial charge in [-0.25, -0.2) is 4.99 Å². The molecule has 0 atom stereocenters. The first-order chi connectivity index (χ1) is 3.72. The van der Waals surface area contributed by atoms with E-state index in [1.165, 1.54) is 6.20 Å². The van der Waals surface area contributed by atoms with Crippen LogP contribution in [0.5, 0.6) is 0 Å². The lowest BCUT2D eigenvalue weighted by Gasteiger charge is -2.08. The number of aliphatic imine (C=N–C) groups is 1. The largest absolute Gasteiger partial charge is 0.384 e. The van der Waals surface area contributed by atoms with Gasteiger partial charge in [-0.2, -0.15) is 0 Å². The fourth-order valence-electron chi connectivity index (χ4n) is 0.411. The Bertz CT molecular complexity index is 182. The molecule has 0 saturated heterocycles. The Morgan fingerprint density at radius 3 is 2.38 bits per heavy atom. The molecule has 0 amide bonds. The normalized spacial score (nSPS) is 16.0. The molecular formula is C4H6N4. The zero-order valence-electron chi connectivity index (χ0n) is 4.18. The van der Waals surface area contributed by atoms with Gasteiger partial charge in [0.1, 0.15) is 11.7 Å². The van der Waals surface area contributed by atoms with Gasteiger partial charge in [0.2, 0.25) is 0 Å². The second-order valence-corrected chi connectivity index (χ2v) is 1.47. The molecule has 5 N–H and O–H groups in total. The summed E-state index contributed by atoms with van der Waals surface area (Å²) >= 11 is 0. The molecule has 0 fully saturated rings. The summed E-state index contributed by atoms with van der Waals surface area (Å²) in [7, 11) is 0. The summed E-state index contributed by atoms with van der Waals surface area (Å²) in [4.78, 5) is 3.58. The van der Waals surface area contributed by atoms with Crippen LogP contribution in [0.25, 0.3) is 0 Å². The number of rotatable bonds is 1. The van der Waals surface area contributed by atoms with Crippen molar-refractivity contribution in [1.82, 2.24) is 0 Å². The van der Waals surface area contributed by atoms with E-state index >= 15 is 0 Å². The number of nitrogens with two attached hydrogens (primary N) is 2. The minimum Gasteiger partial charge on any atom is -0.384 e. The van der Waals surface area contributed by atoms with Gasteiger partial charge in [0.25, 0.3) is 0 Å². The van der Waals surface area contributed by atoms with Crippen LogP contribution in [0.4, 0.5) is 0 Å². The second kappa shape index (κ2) is 1.33. The maximum atomic E-state index is 6.83. The van der Waals surface area contributed by atoms with Crippen LogP contribution in [-0.2, 0) is 0 Å². The lowest BCUT2D eigenvalue weighted by atomic mass is 10.2. The molecular weight excluding hydrogens is 104 g/mol. The van der Waals surface area contributed by atoms with Crippen LogP contribution in [0.2, 0.25) is 0 Å². The van der Waals surface area contributed by atoms with Crippen molar-refractivity contribution >= 4 is 11.7 Å². The van der Waals surface area contributed by atoms with Crippen LogP contribution < -0.4 is 11.5 Å². The molecule has 1 aliphatic rings. The molecule has 0 unspecified atom stereocenters. The molecule has 1 aliphatic heterocycles. The number of nitrogens with one attached hydrogen (secondary N) is 1. The van der Waals surface area contributed by atoms with E-state index in [2.05, 4.69) is 4.99 Å². The summed E-state index contributed by atoms with van der Waals surface area (Å²) in [6.45, 7) is 0. The summed E-state index contributed by atoms with van der Waals surface area (Å²) in [5.74, 6) is 0.343. The maximum absolute atomic E-state index is 6.83. The minimum absolute atomic E-state index is 0.0162. The third-order valence-electron chi connectivity index (χ3n) is 0.899. The van der Waals surface area contributed by atoms with Gasteiger partial charge in [-0.15, -0.1) is 0 Å². The van der Waals surface area contributed by atoms with Crippen molar-refractivity contribution in [2.75, 3.05) is 0 Å². The lowest BCUT2D eigenvalue weighted by Crippen LogP contribution is -2.29. The van der Waals surface area contributed by atoms with Crippen molar-refractivity contribution in [3.05, 3.63) is 11.8 Å². The third kappa shape index (κ3) is 0.465. The molecule has 1 heterocycles. The number of nitrogens with zero attached hydrogens (tertiary/aromatic N) is 1. The van der Waals surface area contributed by atoms with E-state index in [1.807, 2.05) is 0 Å². The van der Waals surface area contributed by atoms with Gasteiger partial charge in [-0.1, -0.05) is 0 Å². The van der Waals surface area contributed by atoms with E-state index in [4.69, 9.17) is 16.9 Å². The van der Waals surface area contributed by atoms with Gasteiger partial charge in [-0.05, 0) is 0 Å². The molecule has 42 valence electrons. The van der Waals surface area contributed by atoms with Gasteiger partial charge in [-0.3, -0.25) is 5.41 Å². The first-order valence-corrected chi connectivity index (χ1v) is 2.10. The van der Waals surface area contributed by atoms with Crippen LogP contribution >= 0.6 is 0 Å². The molecule has 1 rings (SSSR count). The van der Waals surface area contributed by atoms with Crippen molar-refractivity contribution in [3.8, 4) is 0 Å². The van der Waals surface area contributed by atoms with Crippen LogP contribution in [-0.4, -0.2) is 11.7 Å². The van der Waals surface area contributed by atoms with Crippen molar-refractivity contribution in [3.63, 3.8) is 0 Å². The first kappa shape index (κ1) is 4.83. The number of hydrogen-bond acceptors (Lipinski definition) is 3. The minimum atomic E-state index is -0.0162. The zero-order valence-corrected chi connectivity index (χ0v) is 4.18. The number of hydrogen-bond donors (Lipinski definition) is 3. The predicted molar refractivity (Wildman–Crippen MR) is 31.6 cm³/mol. The molecule has 0 aromatic rings. The Labute approximate surface area is 46.4 Å². The monoisotopic (exact) mass is 110 g/mol. The van der Waals surface area contributed by atoms with E-state index in [-0.39, 0.29) is 5.84 Å². The molecule has 0 aromatic carbocycles. The molecule has 0 spiro atoms. The van der Waals surface area contributed by atoms with Crippen molar-refractivity contribution in [2.45, 2.75) is 0 Å². The van der Waals surface area contributed by atoms with Crippen molar-refractivity contribution in [1.29, 1.82) is 5.41 Å². The van der Waals surface area contributed by atoms with Crippen LogP contribution in [0.15, 0.2) is 16.8 Å². The Morgan fingerprint density at radius 1 is 1.75 bits per heavy atom.